The van der Waals surface area contributed by atoms with Crippen molar-refractivity contribution in [2.45, 2.75) is 31.9 Å². The molecule has 51 heavy (non-hydrogen) atoms. The monoisotopic (exact) mass is 692 g/mol. The fourth-order valence-electron chi connectivity index (χ4n) is 6.11. The van der Waals surface area contributed by atoms with Gasteiger partial charge in [-0.05, 0) is 66.3 Å². The van der Waals surface area contributed by atoms with Gasteiger partial charge in [-0.3, -0.25) is 9.59 Å². The molecule has 1 aliphatic heterocycles. The minimum absolute atomic E-state index is 0.0114. The molecule has 1 aliphatic rings. The summed E-state index contributed by atoms with van der Waals surface area (Å²) < 4.78 is 20.6. The van der Waals surface area contributed by atoms with Crippen LogP contribution in [0.1, 0.15) is 36.5 Å². The number of benzene rings is 4. The van der Waals surface area contributed by atoms with Crippen LogP contribution in [0.15, 0.2) is 102 Å². The van der Waals surface area contributed by atoms with Crippen molar-refractivity contribution in [2.75, 3.05) is 36.6 Å². The number of carbonyl (C=O) groups is 2. The van der Waals surface area contributed by atoms with Crippen LogP contribution in [0.5, 0.6) is 5.75 Å². The summed E-state index contributed by atoms with van der Waals surface area (Å²) in [6, 6.07) is 27.6. The topological polar surface area (TPSA) is 147 Å². The minimum Gasteiger partial charge on any atom is -0.506 e. The number of nitrogens with one attached hydrogen (secondary N) is 3. The minimum atomic E-state index is -0.972. The molecule has 0 aliphatic carbocycles. The molecule has 12 heteroatoms. The van der Waals surface area contributed by atoms with Gasteiger partial charge in [0.05, 0.1) is 29.4 Å². The average molecular weight is 693 g/mol. The van der Waals surface area contributed by atoms with Crippen LogP contribution < -0.4 is 21.2 Å². The second kappa shape index (κ2) is 16.4. The molecule has 0 unspecified atom stereocenters. The van der Waals surface area contributed by atoms with Crippen LogP contribution in [0.2, 0.25) is 0 Å². The van der Waals surface area contributed by atoms with Crippen molar-refractivity contribution in [2.24, 2.45) is 0 Å². The van der Waals surface area contributed by atoms with E-state index in [2.05, 4.69) is 22.0 Å². The Balaban J connectivity index is 1.02. The molecule has 11 nitrogen and oxygen atoms in total. The maximum absolute atomic E-state index is 15.0. The van der Waals surface area contributed by atoms with Crippen LogP contribution in [0, 0.1) is 12.2 Å². The number of pyridine rings is 1. The lowest BCUT2D eigenvalue weighted by Crippen LogP contribution is -2.49. The maximum Gasteiger partial charge on any atom is 0.429 e. The van der Waals surface area contributed by atoms with E-state index in [1.54, 1.807) is 17.1 Å². The average Bonchev–Trinajstić information content (AvgIpc) is 3.14. The number of para-hydroxylation sites is 1. The summed E-state index contributed by atoms with van der Waals surface area (Å²) in [7, 11) is 0. The van der Waals surface area contributed by atoms with E-state index in [-0.39, 0.29) is 48.6 Å². The summed E-state index contributed by atoms with van der Waals surface area (Å²) in [5, 5.41) is 30.5. The first-order valence-corrected chi connectivity index (χ1v) is 16.8. The van der Waals surface area contributed by atoms with Crippen LogP contribution in [0.3, 0.4) is 0 Å². The Morgan fingerprint density at radius 1 is 0.961 bits per heavy atom. The number of hydrazine groups is 1. The Bertz CT molecular complexity index is 2050. The van der Waals surface area contributed by atoms with Gasteiger partial charge in [0.15, 0.2) is 0 Å². The predicted molar refractivity (Wildman–Crippen MR) is 193 cm³/mol. The number of anilines is 2. The van der Waals surface area contributed by atoms with Gasteiger partial charge in [0.1, 0.15) is 18.2 Å². The molecule has 1 fully saturated rings. The number of aliphatic hydroxyl groups is 1. The van der Waals surface area contributed by atoms with Crippen molar-refractivity contribution in [3.8, 4) is 16.9 Å². The molecule has 1 atom stereocenters. The number of hydrogen-bond acceptors (Lipinski definition) is 8. The lowest BCUT2D eigenvalue weighted by molar-refractivity contribution is -0.116. The number of amides is 2. The number of aromatic nitrogens is 1. The van der Waals surface area contributed by atoms with E-state index in [1.807, 2.05) is 59.6 Å². The number of aliphatic hydroxyl groups excluding tert-OH is 1. The number of halogens is 1. The Labute approximate surface area is 294 Å². The molecule has 0 spiro atoms. The van der Waals surface area contributed by atoms with Crippen LogP contribution >= 0.6 is 0 Å². The number of ether oxygens (including phenoxy) is 1. The molecule has 2 amide bonds. The van der Waals surface area contributed by atoms with Gasteiger partial charge in [0, 0.05) is 43.2 Å². The molecule has 0 bridgehead atoms. The van der Waals surface area contributed by atoms with Crippen molar-refractivity contribution in [3.05, 3.63) is 131 Å². The third-order valence-corrected chi connectivity index (χ3v) is 8.65. The van der Waals surface area contributed by atoms with Gasteiger partial charge in [-0.15, -0.1) is 0 Å². The van der Waals surface area contributed by atoms with Crippen molar-refractivity contribution in [1.82, 2.24) is 15.3 Å². The fourth-order valence-corrected chi connectivity index (χ4v) is 6.11. The van der Waals surface area contributed by atoms with Gasteiger partial charge in [0.25, 0.3) is 0 Å². The normalized spacial score (nSPS) is 13.8. The summed E-state index contributed by atoms with van der Waals surface area (Å²) in [5.41, 5.74) is 3.45. The molecular formula is C39H39FN5O6. The van der Waals surface area contributed by atoms with E-state index >= 15 is 0 Å². The van der Waals surface area contributed by atoms with Crippen LogP contribution in [-0.2, 0) is 16.1 Å². The van der Waals surface area contributed by atoms with Gasteiger partial charge in [-0.2, -0.15) is 0 Å². The number of phenolic OH excluding ortho intramolecular Hbond substituents is 1. The molecule has 5 aromatic rings. The number of aromatic hydroxyl groups is 1. The highest BCUT2D eigenvalue weighted by Crippen LogP contribution is 2.33. The molecule has 6 rings (SSSR count). The quantitative estimate of drug-likeness (QED) is 0.106. The lowest BCUT2D eigenvalue weighted by Gasteiger charge is -2.37. The Morgan fingerprint density at radius 2 is 1.73 bits per heavy atom. The summed E-state index contributed by atoms with van der Waals surface area (Å²) >= 11 is 0. The van der Waals surface area contributed by atoms with Crippen LogP contribution in [0.4, 0.5) is 20.6 Å². The second-order valence-electron chi connectivity index (χ2n) is 12.2. The largest absolute Gasteiger partial charge is 0.506 e. The number of fused-ring (bicyclic) bond motifs is 1. The van der Waals surface area contributed by atoms with E-state index < -0.39 is 23.9 Å². The number of piperidine rings is 1. The van der Waals surface area contributed by atoms with Gasteiger partial charge < -0.3 is 30.6 Å². The van der Waals surface area contributed by atoms with Crippen molar-refractivity contribution in [3.63, 3.8) is 0 Å². The molecule has 263 valence electrons. The first-order valence-electron chi connectivity index (χ1n) is 16.8. The molecule has 5 N–H and O–H groups in total. The number of carbonyl (C=O) groups excluding carboxylic acids is 2. The summed E-state index contributed by atoms with van der Waals surface area (Å²) in [5.74, 6) is -1.25. The highest BCUT2D eigenvalue weighted by atomic mass is 19.1. The number of aromatic amines is 1. The van der Waals surface area contributed by atoms with Crippen LogP contribution in [-0.4, -0.2) is 58.4 Å². The first kappa shape index (κ1) is 35.3. The molecule has 1 radical (unpaired) electrons. The van der Waals surface area contributed by atoms with E-state index in [0.29, 0.717) is 35.3 Å². The van der Waals surface area contributed by atoms with Crippen molar-refractivity contribution >= 4 is 34.3 Å². The summed E-state index contributed by atoms with van der Waals surface area (Å²) in [6.07, 6.45) is 2.09. The first-order chi connectivity index (χ1) is 24.8. The third-order valence-electron chi connectivity index (χ3n) is 8.65. The number of phenols is 1. The third kappa shape index (κ3) is 8.61. The molecular weight excluding hydrogens is 653 g/mol. The Morgan fingerprint density at radius 3 is 2.51 bits per heavy atom. The van der Waals surface area contributed by atoms with Crippen LogP contribution in [0.25, 0.3) is 22.0 Å². The molecule has 4 aromatic carbocycles. The zero-order valence-electron chi connectivity index (χ0n) is 27.8. The van der Waals surface area contributed by atoms with E-state index in [0.717, 1.165) is 24.0 Å². The number of hydrogen-bond donors (Lipinski definition) is 5. The molecule has 0 saturated carbocycles. The van der Waals surface area contributed by atoms with Gasteiger partial charge in [0.2, 0.25) is 11.5 Å². The number of rotatable bonds is 12. The molecule has 2 heterocycles. The fraction of sp³-hybridized carbons (Fsp3) is 0.231. The summed E-state index contributed by atoms with van der Waals surface area (Å²) in [6.45, 7) is 1.42. The summed E-state index contributed by atoms with van der Waals surface area (Å²) in [4.78, 5) is 40.6. The second-order valence-corrected chi connectivity index (χ2v) is 12.2. The van der Waals surface area contributed by atoms with Crippen molar-refractivity contribution in [1.29, 1.82) is 0 Å². The molecule has 1 aromatic heterocycles. The Hall–Kier alpha value is -5.56. The SMILES string of the molecule is O=C(CCOC(=O)N(c1ccccc1-c1ccccc1)N1CC[CH]CC1)Nc1ccc(CNC[C@@H](O)c2ccc(O)c3[nH]c(=O)ccc23)cc1F. The zero-order chi connectivity index (χ0) is 35.7. The highest BCUT2D eigenvalue weighted by molar-refractivity contribution is 5.94. The smallest absolute Gasteiger partial charge is 0.429 e. The predicted octanol–water partition coefficient (Wildman–Crippen LogP) is 6.05. The van der Waals surface area contributed by atoms with E-state index in [1.165, 1.54) is 30.3 Å². The van der Waals surface area contributed by atoms with E-state index in [9.17, 15) is 29.0 Å². The Kier molecular flexibility index (Phi) is 11.4. The molecule has 1 saturated heterocycles. The van der Waals surface area contributed by atoms with Gasteiger partial charge >= 0.3 is 6.09 Å². The van der Waals surface area contributed by atoms with Gasteiger partial charge in [-0.25, -0.2) is 19.2 Å². The lowest BCUT2D eigenvalue weighted by atomic mass is 10.0. The van der Waals surface area contributed by atoms with E-state index in [4.69, 9.17) is 4.74 Å². The van der Waals surface area contributed by atoms with Gasteiger partial charge in [-0.1, -0.05) is 60.7 Å². The standard InChI is InChI=1S/C39H39FN5O6/c40-31-23-26(24-41-25-35(47)29-14-17-34(46)38-30(29)15-18-36(48)43-38)13-16-32(31)42-37(49)19-22-51-39(50)45(44-20-7-2-8-21-44)33-12-6-5-11-28(33)27-9-3-1-4-10-27/h1-6,9-18,23,35,41,46-47H,7-8,19-22,24-25H2,(H,42,49)(H,43,48)/t35-/m1/s1. The zero-order valence-corrected chi connectivity index (χ0v) is 27.8. The highest BCUT2D eigenvalue weighted by Gasteiger charge is 2.28. The maximum atomic E-state index is 15.0. The number of H-pyrrole nitrogens is 1. The van der Waals surface area contributed by atoms with Crippen molar-refractivity contribution < 1.29 is 28.9 Å². The number of nitrogens with zero attached hydrogens (tertiary/aromatic N) is 2.